The highest BCUT2D eigenvalue weighted by Gasteiger charge is 2.43. The van der Waals surface area contributed by atoms with E-state index in [1.54, 1.807) is 0 Å². The van der Waals surface area contributed by atoms with Gasteiger partial charge in [-0.25, -0.2) is 0 Å². The molecule has 6 nitrogen and oxygen atoms in total. The van der Waals surface area contributed by atoms with Gasteiger partial charge in [-0.1, -0.05) is 37.4 Å². The van der Waals surface area contributed by atoms with E-state index in [0.717, 1.165) is 49.0 Å². The minimum Gasteiger partial charge on any atom is -0.373 e. The van der Waals surface area contributed by atoms with Gasteiger partial charge in [0.2, 0.25) is 0 Å². The van der Waals surface area contributed by atoms with E-state index < -0.39 is 52.9 Å². The van der Waals surface area contributed by atoms with Crippen LogP contribution in [0.4, 0.5) is 45.5 Å². The van der Waals surface area contributed by atoms with E-state index in [2.05, 4.69) is 15.4 Å². The fourth-order valence-corrected chi connectivity index (χ4v) is 6.14. The Labute approximate surface area is 248 Å². The average molecular weight is 638 g/mol. The Balaban J connectivity index is 1.87. The quantitative estimate of drug-likeness (QED) is 0.221. The molecule has 4 rings (SSSR count). The van der Waals surface area contributed by atoms with Crippen LogP contribution in [-0.2, 0) is 49.0 Å². The van der Waals surface area contributed by atoms with Gasteiger partial charge in [-0.2, -0.15) is 44.3 Å². The number of benzene rings is 2. The molecule has 0 saturated heterocycles. The molecule has 2 aromatic carbocycles. The van der Waals surface area contributed by atoms with E-state index in [-0.39, 0.29) is 30.0 Å². The van der Waals surface area contributed by atoms with Crippen LogP contribution in [0.15, 0.2) is 36.4 Å². The summed E-state index contributed by atoms with van der Waals surface area (Å²) in [4.78, 5) is 2.23. The summed E-state index contributed by atoms with van der Waals surface area (Å²) in [5.74, 6) is -0.221. The van der Waals surface area contributed by atoms with Crippen LogP contribution >= 0.6 is 0 Å². The maximum absolute atomic E-state index is 13.9. The van der Waals surface area contributed by atoms with Crippen LogP contribution in [0, 0.1) is 5.92 Å². The topological polar surface area (TPSA) is 56.1 Å². The van der Waals surface area contributed by atoms with Gasteiger partial charge >= 0.3 is 18.5 Å². The first kappa shape index (κ1) is 33.5. The van der Waals surface area contributed by atoms with Crippen molar-refractivity contribution >= 4 is 5.95 Å². The summed E-state index contributed by atoms with van der Waals surface area (Å²) in [6.07, 6.45) is -10.1. The number of nitrogens with zero attached hydrogens (tertiary/aromatic N) is 5. The van der Waals surface area contributed by atoms with Gasteiger partial charge in [0, 0.05) is 20.2 Å². The van der Waals surface area contributed by atoms with Gasteiger partial charge in [0.25, 0.3) is 5.95 Å². The molecule has 1 unspecified atom stereocenters. The SMILES string of the molecule is CCC(OC)(c1ccc(C(F)(F)F)cc1CN(Cc1cc(C(F)(F)F)cc(C(F)(F)F)c1)c1nnn(C)n1)C1CCCCC1. The first-order valence-corrected chi connectivity index (χ1v) is 14.0. The lowest BCUT2D eigenvalue weighted by molar-refractivity contribution is -0.143. The second-order valence-electron chi connectivity index (χ2n) is 11.0. The molecule has 0 amide bonds. The lowest BCUT2D eigenvalue weighted by Gasteiger charge is -2.43. The van der Waals surface area contributed by atoms with Gasteiger partial charge in [0.1, 0.15) is 0 Å². The van der Waals surface area contributed by atoms with Gasteiger partial charge in [-0.15, -0.1) is 5.10 Å². The van der Waals surface area contributed by atoms with Crippen molar-refractivity contribution in [2.24, 2.45) is 13.0 Å². The van der Waals surface area contributed by atoms with Crippen molar-refractivity contribution in [3.63, 3.8) is 0 Å². The average Bonchev–Trinajstić information content (AvgIpc) is 3.39. The molecule has 0 N–H and O–H groups in total. The van der Waals surface area contributed by atoms with Crippen molar-refractivity contribution in [3.05, 3.63) is 69.8 Å². The Kier molecular flexibility index (Phi) is 9.57. The predicted molar refractivity (Wildman–Crippen MR) is 142 cm³/mol. The number of aryl methyl sites for hydroxylation is 1. The van der Waals surface area contributed by atoms with Crippen LogP contribution in [0.2, 0.25) is 0 Å². The monoisotopic (exact) mass is 637 g/mol. The van der Waals surface area contributed by atoms with Crippen LogP contribution in [-0.4, -0.2) is 27.3 Å². The van der Waals surface area contributed by atoms with Crippen molar-refractivity contribution in [1.82, 2.24) is 20.2 Å². The number of anilines is 1. The van der Waals surface area contributed by atoms with Crippen LogP contribution in [0.1, 0.15) is 78.8 Å². The number of hydrogen-bond donors (Lipinski definition) is 0. The molecule has 1 aliphatic rings. The van der Waals surface area contributed by atoms with Crippen LogP contribution in [0.5, 0.6) is 0 Å². The minimum atomic E-state index is -5.08. The molecule has 44 heavy (non-hydrogen) atoms. The number of aromatic nitrogens is 4. The summed E-state index contributed by atoms with van der Waals surface area (Å²) in [6, 6.07) is 4.40. The molecule has 1 heterocycles. The second-order valence-corrected chi connectivity index (χ2v) is 11.0. The number of rotatable bonds is 9. The Bertz CT molecular complexity index is 1390. The highest BCUT2D eigenvalue weighted by atomic mass is 19.4. The van der Waals surface area contributed by atoms with Crippen molar-refractivity contribution in [3.8, 4) is 0 Å². The second kappa shape index (κ2) is 12.6. The van der Waals surface area contributed by atoms with Crippen molar-refractivity contribution in [2.45, 2.75) is 82.7 Å². The van der Waals surface area contributed by atoms with Gasteiger partial charge < -0.3 is 9.64 Å². The number of methoxy groups -OCH3 is 1. The zero-order chi connectivity index (χ0) is 32.5. The van der Waals surface area contributed by atoms with Crippen LogP contribution in [0.25, 0.3) is 0 Å². The molecule has 1 atom stereocenters. The van der Waals surface area contributed by atoms with Crippen LogP contribution in [0.3, 0.4) is 0 Å². The fourth-order valence-electron chi connectivity index (χ4n) is 6.14. The molecular formula is C29H32F9N5O. The summed E-state index contributed by atoms with van der Waals surface area (Å²) in [5.41, 5.74) is -4.80. The zero-order valence-electron chi connectivity index (χ0n) is 24.2. The molecule has 0 radical (unpaired) electrons. The predicted octanol–water partition coefficient (Wildman–Crippen LogP) is 8.31. The third kappa shape index (κ3) is 7.29. The lowest BCUT2D eigenvalue weighted by Crippen LogP contribution is -2.39. The molecule has 1 saturated carbocycles. The molecule has 15 heteroatoms. The van der Waals surface area contributed by atoms with E-state index in [9.17, 15) is 39.5 Å². The van der Waals surface area contributed by atoms with E-state index in [1.165, 1.54) is 25.1 Å². The molecule has 242 valence electrons. The smallest absolute Gasteiger partial charge is 0.373 e. The van der Waals surface area contributed by atoms with E-state index in [0.29, 0.717) is 24.1 Å². The largest absolute Gasteiger partial charge is 0.416 e. The summed E-state index contributed by atoms with van der Waals surface area (Å²) in [6.45, 7) is 0.882. The molecule has 1 aromatic heterocycles. The summed E-state index contributed by atoms with van der Waals surface area (Å²) in [7, 11) is 2.88. The lowest BCUT2D eigenvalue weighted by atomic mass is 9.70. The molecule has 1 fully saturated rings. The molecule has 0 bridgehead atoms. The Morgan fingerprint density at radius 1 is 0.818 bits per heavy atom. The molecule has 0 aliphatic heterocycles. The molecular weight excluding hydrogens is 605 g/mol. The van der Waals surface area contributed by atoms with Crippen molar-refractivity contribution in [1.29, 1.82) is 0 Å². The first-order chi connectivity index (χ1) is 20.5. The maximum atomic E-state index is 13.9. The highest BCUT2D eigenvalue weighted by Crippen LogP contribution is 2.47. The third-order valence-electron chi connectivity index (χ3n) is 8.21. The standard InChI is InChI=1S/C29H32F9N5O/c1-4-26(44-3,20-8-6-5-7-9-20)24-11-10-21(27(30,31)32)14-19(24)17-43(25-39-41-42(2)40-25)16-18-12-22(28(33,34)35)15-23(13-18)29(36,37)38/h10-15,20H,4-9,16-17H2,1-3H3. The summed E-state index contributed by atoms with van der Waals surface area (Å²) < 4.78 is 130. The van der Waals surface area contributed by atoms with Crippen molar-refractivity contribution in [2.75, 3.05) is 12.0 Å². The minimum absolute atomic E-state index is 0.0116. The van der Waals surface area contributed by atoms with Gasteiger partial charge in [0.15, 0.2) is 0 Å². The normalized spacial score (nSPS) is 16.6. The van der Waals surface area contributed by atoms with Gasteiger partial charge in [-0.05, 0) is 77.4 Å². The third-order valence-corrected chi connectivity index (χ3v) is 8.21. The van der Waals surface area contributed by atoms with E-state index >= 15 is 0 Å². The number of hydrogen-bond acceptors (Lipinski definition) is 5. The Morgan fingerprint density at radius 3 is 1.89 bits per heavy atom. The maximum Gasteiger partial charge on any atom is 0.416 e. The van der Waals surface area contributed by atoms with Gasteiger partial charge in [0.05, 0.1) is 29.3 Å². The van der Waals surface area contributed by atoms with E-state index in [1.807, 2.05) is 6.92 Å². The first-order valence-electron chi connectivity index (χ1n) is 14.0. The van der Waals surface area contributed by atoms with Crippen molar-refractivity contribution < 1.29 is 44.3 Å². The highest BCUT2D eigenvalue weighted by molar-refractivity contribution is 5.43. The molecule has 3 aromatic rings. The van der Waals surface area contributed by atoms with Gasteiger partial charge in [-0.3, -0.25) is 0 Å². The summed E-state index contributed by atoms with van der Waals surface area (Å²) in [5, 5.41) is 11.7. The summed E-state index contributed by atoms with van der Waals surface area (Å²) >= 11 is 0. The fraction of sp³-hybridized carbons (Fsp3) is 0.552. The van der Waals surface area contributed by atoms with Crippen LogP contribution < -0.4 is 4.90 Å². The number of tetrazole rings is 1. The Morgan fingerprint density at radius 2 is 1.41 bits per heavy atom. The number of ether oxygens (including phenoxy) is 1. The molecule has 0 spiro atoms. The number of alkyl halides is 9. The molecule has 1 aliphatic carbocycles. The number of halogens is 9. The Hall–Kier alpha value is -3.36. The zero-order valence-corrected chi connectivity index (χ0v) is 24.2. The van der Waals surface area contributed by atoms with E-state index in [4.69, 9.17) is 4.74 Å².